The Morgan fingerprint density at radius 1 is 0.868 bits per heavy atom. The maximum Gasteiger partial charge on any atom is 0.198 e. The largest absolute Gasteiger partial charge is 0.369 e. The third kappa shape index (κ3) is 11.2. The number of unbranched alkanes of at least 4 members (excludes halogenated alkanes) is 12. The maximum absolute atomic E-state index is 5.94. The molecule has 0 saturated heterocycles. The van der Waals surface area contributed by atoms with E-state index in [1.807, 2.05) is 22.9 Å². The van der Waals surface area contributed by atoms with Crippen molar-refractivity contribution in [2.45, 2.75) is 123 Å². The molecule has 0 saturated carbocycles. The molecule has 1 aromatic carbocycles. The zero-order chi connectivity index (χ0) is 26.8. The highest BCUT2D eigenvalue weighted by Gasteiger charge is 2.10. The van der Waals surface area contributed by atoms with Gasteiger partial charge in [-0.3, -0.25) is 0 Å². The minimum absolute atomic E-state index is 0.489. The zero-order valence-corrected chi connectivity index (χ0v) is 23.9. The highest BCUT2D eigenvalue weighted by molar-refractivity contribution is 5.63. The van der Waals surface area contributed by atoms with Crippen molar-refractivity contribution in [3.63, 3.8) is 0 Å². The second-order valence-electron chi connectivity index (χ2n) is 10.8. The molecule has 3 rings (SSSR count). The van der Waals surface area contributed by atoms with Gasteiger partial charge in [0.15, 0.2) is 5.95 Å². The number of imidazole rings is 1. The smallest absolute Gasteiger partial charge is 0.198 e. The molecule has 0 unspecified atom stereocenters. The lowest BCUT2D eigenvalue weighted by Gasteiger charge is -2.03. The molecule has 2 aromatic heterocycles. The number of nitrogen functional groups attached to an aromatic ring is 1. The quantitative estimate of drug-likeness (QED) is 0.116. The van der Waals surface area contributed by atoms with E-state index in [4.69, 9.17) is 5.73 Å². The Morgan fingerprint density at radius 3 is 2.26 bits per heavy atom. The average Bonchev–Trinajstić information content (AvgIpc) is 3.53. The van der Waals surface area contributed by atoms with Gasteiger partial charge in [0.05, 0.1) is 17.9 Å². The van der Waals surface area contributed by atoms with Gasteiger partial charge in [-0.1, -0.05) is 118 Å². The predicted molar refractivity (Wildman–Crippen MR) is 160 cm³/mol. The van der Waals surface area contributed by atoms with Gasteiger partial charge in [-0.15, -0.1) is 5.10 Å². The molecule has 3 aromatic rings. The van der Waals surface area contributed by atoms with E-state index in [-0.39, 0.29) is 0 Å². The SMILES string of the molecule is CCCCCCCCCCCC/C=C(/C)Cn1cc(CCCCCc2[nH]c(N)nc2-c2ccccc2)nn1. The fourth-order valence-electron chi connectivity index (χ4n) is 5.06. The first-order chi connectivity index (χ1) is 18.7. The van der Waals surface area contributed by atoms with Crippen molar-refractivity contribution in [1.29, 1.82) is 0 Å². The summed E-state index contributed by atoms with van der Waals surface area (Å²) < 4.78 is 1.99. The third-order valence-corrected chi connectivity index (χ3v) is 7.25. The summed E-state index contributed by atoms with van der Waals surface area (Å²) in [6.07, 6.45) is 24.8. The second kappa shape index (κ2) is 17.6. The van der Waals surface area contributed by atoms with Crippen molar-refractivity contribution in [1.82, 2.24) is 25.0 Å². The topological polar surface area (TPSA) is 85.4 Å². The van der Waals surface area contributed by atoms with Crippen LogP contribution in [0.4, 0.5) is 5.95 Å². The minimum Gasteiger partial charge on any atom is -0.369 e. The lowest BCUT2D eigenvalue weighted by atomic mass is 10.1. The number of H-pyrrole nitrogens is 1. The van der Waals surface area contributed by atoms with Gasteiger partial charge in [0.1, 0.15) is 0 Å². The molecule has 2 heterocycles. The molecule has 0 aliphatic heterocycles. The summed E-state index contributed by atoms with van der Waals surface area (Å²) in [5.74, 6) is 0.489. The number of nitrogens with one attached hydrogen (secondary N) is 1. The molecule has 38 heavy (non-hydrogen) atoms. The van der Waals surface area contributed by atoms with Gasteiger partial charge in [-0.25, -0.2) is 9.67 Å². The van der Waals surface area contributed by atoms with Crippen LogP contribution >= 0.6 is 0 Å². The van der Waals surface area contributed by atoms with Crippen LogP contribution in [0.1, 0.15) is 115 Å². The van der Waals surface area contributed by atoms with Crippen LogP contribution in [-0.2, 0) is 19.4 Å². The first-order valence-electron chi connectivity index (χ1n) is 15.1. The number of anilines is 1. The number of nitrogens with two attached hydrogens (primary N) is 1. The average molecular weight is 519 g/mol. The Kier molecular flexibility index (Phi) is 13.7. The summed E-state index contributed by atoms with van der Waals surface area (Å²) in [7, 11) is 0. The monoisotopic (exact) mass is 518 g/mol. The summed E-state index contributed by atoms with van der Waals surface area (Å²) in [5, 5.41) is 8.75. The number of aromatic nitrogens is 5. The van der Waals surface area contributed by atoms with Crippen molar-refractivity contribution in [2.75, 3.05) is 5.73 Å². The van der Waals surface area contributed by atoms with Crippen LogP contribution in [0.3, 0.4) is 0 Å². The molecule has 0 aliphatic carbocycles. The Bertz CT molecular complexity index is 1050. The summed E-state index contributed by atoms with van der Waals surface area (Å²) >= 11 is 0. The van der Waals surface area contributed by atoms with Crippen LogP contribution < -0.4 is 5.73 Å². The molecular weight excluding hydrogens is 468 g/mol. The number of aryl methyl sites for hydroxylation is 2. The third-order valence-electron chi connectivity index (χ3n) is 7.25. The Labute approximate surface area is 230 Å². The minimum atomic E-state index is 0.489. The fourth-order valence-corrected chi connectivity index (χ4v) is 5.06. The van der Waals surface area contributed by atoms with Crippen LogP contribution in [0, 0.1) is 0 Å². The molecular formula is C32H50N6. The van der Waals surface area contributed by atoms with E-state index in [0.29, 0.717) is 5.95 Å². The van der Waals surface area contributed by atoms with Crippen LogP contribution in [0.2, 0.25) is 0 Å². The molecule has 0 aliphatic rings. The van der Waals surface area contributed by atoms with Crippen LogP contribution in [0.5, 0.6) is 0 Å². The van der Waals surface area contributed by atoms with Gasteiger partial charge in [-0.2, -0.15) is 0 Å². The van der Waals surface area contributed by atoms with E-state index < -0.39 is 0 Å². The molecule has 0 spiro atoms. The van der Waals surface area contributed by atoms with Crippen LogP contribution in [-0.4, -0.2) is 25.0 Å². The maximum atomic E-state index is 5.94. The number of allylic oxidation sites excluding steroid dienone is 2. The Hall–Kier alpha value is -2.89. The van der Waals surface area contributed by atoms with Crippen LogP contribution in [0.25, 0.3) is 11.3 Å². The molecule has 6 heteroatoms. The Balaban J connectivity index is 1.25. The fraction of sp³-hybridized carbons (Fsp3) is 0.594. The first kappa shape index (κ1) is 29.7. The van der Waals surface area contributed by atoms with Crippen molar-refractivity contribution >= 4 is 5.95 Å². The van der Waals surface area contributed by atoms with Crippen molar-refractivity contribution in [3.05, 3.63) is 59.6 Å². The van der Waals surface area contributed by atoms with Gasteiger partial charge in [-0.05, 0) is 45.4 Å². The van der Waals surface area contributed by atoms with E-state index in [9.17, 15) is 0 Å². The van der Waals surface area contributed by atoms with Crippen LogP contribution in [0.15, 0.2) is 48.2 Å². The molecule has 208 valence electrons. The summed E-state index contributed by atoms with van der Waals surface area (Å²) in [4.78, 5) is 7.74. The molecule has 0 amide bonds. The number of hydrogen-bond acceptors (Lipinski definition) is 4. The molecule has 6 nitrogen and oxygen atoms in total. The molecule has 0 radical (unpaired) electrons. The van der Waals surface area contributed by atoms with E-state index in [0.717, 1.165) is 61.3 Å². The predicted octanol–water partition coefficient (Wildman–Crippen LogP) is 8.46. The molecule has 0 bridgehead atoms. The Morgan fingerprint density at radius 2 is 1.53 bits per heavy atom. The van der Waals surface area contributed by atoms with Gasteiger partial charge in [0, 0.05) is 17.5 Å². The van der Waals surface area contributed by atoms with Crippen molar-refractivity contribution in [2.24, 2.45) is 0 Å². The highest BCUT2D eigenvalue weighted by atomic mass is 15.4. The normalized spacial score (nSPS) is 11.9. The number of rotatable bonds is 20. The molecule has 3 N–H and O–H groups in total. The second-order valence-corrected chi connectivity index (χ2v) is 10.8. The zero-order valence-electron chi connectivity index (χ0n) is 23.9. The summed E-state index contributed by atoms with van der Waals surface area (Å²) in [6, 6.07) is 10.3. The van der Waals surface area contributed by atoms with E-state index in [1.54, 1.807) is 0 Å². The molecule has 0 fully saturated rings. The standard InChI is InChI=1S/C32H50N6/c1-3-4-5-6-7-8-9-10-11-12-15-20-27(2)25-38-26-29(36-37-38)23-18-14-19-24-30-31(35-32(33)34-30)28-21-16-13-17-22-28/h13,16-17,20-22,26H,3-12,14-15,18-19,23-25H2,1-2H3,(H3,33,34,35)/b27-20-. The van der Waals surface area contributed by atoms with Crippen molar-refractivity contribution in [3.8, 4) is 11.3 Å². The number of nitrogens with zero attached hydrogens (tertiary/aromatic N) is 4. The number of aromatic amines is 1. The van der Waals surface area contributed by atoms with E-state index in [2.05, 4.69) is 58.5 Å². The lowest BCUT2D eigenvalue weighted by molar-refractivity contribution is 0.557. The first-order valence-corrected chi connectivity index (χ1v) is 15.1. The summed E-state index contributed by atoms with van der Waals surface area (Å²) in [6.45, 7) is 5.34. The lowest BCUT2D eigenvalue weighted by Crippen LogP contribution is -2.00. The summed E-state index contributed by atoms with van der Waals surface area (Å²) in [5.41, 5.74) is 11.6. The van der Waals surface area contributed by atoms with E-state index >= 15 is 0 Å². The van der Waals surface area contributed by atoms with Gasteiger partial charge in [0.25, 0.3) is 0 Å². The molecule has 0 atom stereocenters. The number of hydrogen-bond donors (Lipinski definition) is 2. The number of benzene rings is 1. The van der Waals surface area contributed by atoms with E-state index in [1.165, 1.54) is 76.2 Å². The van der Waals surface area contributed by atoms with Gasteiger partial charge < -0.3 is 10.7 Å². The van der Waals surface area contributed by atoms with Gasteiger partial charge >= 0.3 is 0 Å². The highest BCUT2D eigenvalue weighted by Crippen LogP contribution is 2.24. The van der Waals surface area contributed by atoms with Crippen molar-refractivity contribution < 1.29 is 0 Å². The van der Waals surface area contributed by atoms with Gasteiger partial charge in [0.2, 0.25) is 0 Å².